The van der Waals surface area contributed by atoms with Crippen LogP contribution in [0.3, 0.4) is 0 Å². The van der Waals surface area contributed by atoms with Gasteiger partial charge in [-0.3, -0.25) is 4.79 Å². The molecule has 0 bridgehead atoms. The fraction of sp³-hybridized carbons (Fsp3) is 0.429. The topological polar surface area (TPSA) is 83.8 Å². The predicted molar refractivity (Wildman–Crippen MR) is 39.4 cm³/mol. The summed E-state index contributed by atoms with van der Waals surface area (Å²) in [6.07, 6.45) is -0.879. The molecule has 0 aromatic carbocycles. The molecule has 0 amide bonds. The minimum absolute atomic E-state index is 0.0190. The zero-order chi connectivity index (χ0) is 9.56. The van der Waals surface area contributed by atoms with Crippen molar-refractivity contribution in [3.63, 3.8) is 0 Å². The van der Waals surface area contributed by atoms with Crippen LogP contribution in [0.5, 0.6) is 0 Å². The molecule has 12 heavy (non-hydrogen) atoms. The van der Waals surface area contributed by atoms with E-state index in [9.17, 15) is 9.59 Å². The minimum Gasteiger partial charge on any atom is -0.479 e. The Hall–Kier alpha value is -1.36. The maximum atomic E-state index is 10.6. The Morgan fingerprint density at radius 1 is 1.58 bits per heavy atom. The monoisotopic (exact) mass is 174 g/mol. The van der Waals surface area contributed by atoms with Crippen molar-refractivity contribution in [1.29, 1.82) is 0 Å². The highest BCUT2D eigenvalue weighted by Crippen LogP contribution is 1.94. The Morgan fingerprint density at radius 2 is 2.17 bits per heavy atom. The summed E-state index contributed by atoms with van der Waals surface area (Å²) in [5, 5.41) is 16.8. The number of rotatable bonds is 5. The van der Waals surface area contributed by atoms with Gasteiger partial charge in [-0.25, -0.2) is 4.79 Å². The first kappa shape index (κ1) is 10.6. The van der Waals surface area contributed by atoms with Crippen LogP contribution < -0.4 is 0 Å². The second kappa shape index (κ2) is 5.31. The van der Waals surface area contributed by atoms with Crippen LogP contribution in [-0.2, 0) is 14.3 Å². The molecule has 5 heteroatoms. The number of carboxylic acid groups (broad SMARTS) is 1. The van der Waals surface area contributed by atoms with Crippen LogP contribution in [-0.4, -0.2) is 34.9 Å². The third-order valence-electron chi connectivity index (χ3n) is 1.01. The molecule has 1 unspecified atom stereocenters. The molecule has 0 saturated carbocycles. The van der Waals surface area contributed by atoms with Gasteiger partial charge < -0.3 is 14.9 Å². The van der Waals surface area contributed by atoms with Crippen LogP contribution in [0.25, 0.3) is 0 Å². The SMILES string of the molecule is C=CCOC(=O)CC(O)C(=O)O. The molecular weight excluding hydrogens is 164 g/mol. The van der Waals surface area contributed by atoms with E-state index in [4.69, 9.17) is 10.2 Å². The highest BCUT2D eigenvalue weighted by molar-refractivity contribution is 5.80. The molecule has 0 spiro atoms. The van der Waals surface area contributed by atoms with Gasteiger partial charge in [0.15, 0.2) is 6.10 Å². The van der Waals surface area contributed by atoms with Crippen molar-refractivity contribution in [2.45, 2.75) is 12.5 Å². The van der Waals surface area contributed by atoms with Gasteiger partial charge in [0, 0.05) is 0 Å². The van der Waals surface area contributed by atoms with Gasteiger partial charge in [-0.15, -0.1) is 0 Å². The van der Waals surface area contributed by atoms with Gasteiger partial charge >= 0.3 is 11.9 Å². The van der Waals surface area contributed by atoms with Crippen LogP contribution in [0.2, 0.25) is 0 Å². The number of aliphatic carboxylic acids is 1. The number of hydrogen-bond acceptors (Lipinski definition) is 4. The predicted octanol–water partition coefficient (Wildman–Crippen LogP) is -0.449. The van der Waals surface area contributed by atoms with E-state index in [-0.39, 0.29) is 6.61 Å². The Morgan fingerprint density at radius 3 is 2.58 bits per heavy atom. The van der Waals surface area contributed by atoms with Crippen LogP contribution in [0.15, 0.2) is 12.7 Å². The Labute approximate surface area is 69.3 Å². The Kier molecular flexibility index (Phi) is 4.71. The number of carbonyl (C=O) groups is 2. The second-order valence-corrected chi connectivity index (χ2v) is 2.03. The van der Waals surface area contributed by atoms with Crippen molar-refractivity contribution in [3.8, 4) is 0 Å². The van der Waals surface area contributed by atoms with Gasteiger partial charge in [-0.2, -0.15) is 0 Å². The molecule has 0 rings (SSSR count). The number of aliphatic hydroxyl groups excluding tert-OH is 1. The normalized spacial score (nSPS) is 11.8. The van der Waals surface area contributed by atoms with Crippen molar-refractivity contribution in [2.75, 3.05) is 6.61 Å². The average Bonchev–Trinajstić information content (AvgIpc) is 2.00. The van der Waals surface area contributed by atoms with E-state index in [2.05, 4.69) is 11.3 Å². The number of aliphatic hydroxyl groups is 1. The maximum absolute atomic E-state index is 10.6. The van der Waals surface area contributed by atoms with E-state index in [1.54, 1.807) is 0 Å². The first-order valence-electron chi connectivity index (χ1n) is 3.25. The summed E-state index contributed by atoms with van der Waals surface area (Å²) in [6.45, 7) is 3.31. The molecule has 0 heterocycles. The molecule has 0 aromatic heterocycles. The fourth-order valence-electron chi connectivity index (χ4n) is 0.456. The quantitative estimate of drug-likeness (QED) is 0.435. The molecule has 0 radical (unpaired) electrons. The standard InChI is InChI=1S/C7H10O5/c1-2-3-12-6(9)4-5(8)7(10)11/h2,5,8H,1,3-4H2,(H,10,11). The number of ether oxygens (including phenoxy) is 1. The first-order chi connectivity index (χ1) is 5.57. The van der Waals surface area contributed by atoms with Crippen LogP contribution in [0, 0.1) is 0 Å². The summed E-state index contributed by atoms with van der Waals surface area (Å²) in [5.74, 6) is -2.20. The number of carbonyl (C=O) groups excluding carboxylic acids is 1. The van der Waals surface area contributed by atoms with E-state index >= 15 is 0 Å². The number of esters is 1. The van der Waals surface area contributed by atoms with E-state index < -0.39 is 24.5 Å². The molecular formula is C7H10O5. The van der Waals surface area contributed by atoms with Gasteiger partial charge in [0.1, 0.15) is 6.61 Å². The summed E-state index contributed by atoms with van der Waals surface area (Å²) in [6, 6.07) is 0. The van der Waals surface area contributed by atoms with E-state index in [1.807, 2.05) is 0 Å². The van der Waals surface area contributed by atoms with Gasteiger partial charge in [0.25, 0.3) is 0 Å². The van der Waals surface area contributed by atoms with Crippen molar-refractivity contribution in [1.82, 2.24) is 0 Å². The smallest absolute Gasteiger partial charge is 0.333 e. The minimum atomic E-state index is -1.69. The van der Waals surface area contributed by atoms with Crippen LogP contribution >= 0.6 is 0 Å². The molecule has 2 N–H and O–H groups in total. The van der Waals surface area contributed by atoms with Crippen molar-refractivity contribution in [3.05, 3.63) is 12.7 Å². The molecule has 1 atom stereocenters. The van der Waals surface area contributed by atoms with Crippen LogP contribution in [0.4, 0.5) is 0 Å². The lowest BCUT2D eigenvalue weighted by Crippen LogP contribution is -2.24. The summed E-state index contributed by atoms with van der Waals surface area (Å²) in [7, 11) is 0. The Balaban J connectivity index is 3.68. The lowest BCUT2D eigenvalue weighted by atomic mass is 10.2. The Bertz CT molecular complexity index is 186. The van der Waals surface area contributed by atoms with Crippen molar-refractivity contribution in [2.24, 2.45) is 0 Å². The molecule has 0 aromatic rings. The lowest BCUT2D eigenvalue weighted by Gasteiger charge is -2.03. The third kappa shape index (κ3) is 4.45. The lowest BCUT2D eigenvalue weighted by molar-refractivity contribution is -0.155. The number of hydrogen-bond donors (Lipinski definition) is 2. The van der Waals surface area contributed by atoms with Crippen molar-refractivity contribution >= 4 is 11.9 Å². The maximum Gasteiger partial charge on any atom is 0.333 e. The van der Waals surface area contributed by atoms with E-state index in [0.29, 0.717) is 0 Å². The van der Waals surface area contributed by atoms with E-state index in [0.717, 1.165) is 0 Å². The molecule has 0 aliphatic rings. The first-order valence-corrected chi connectivity index (χ1v) is 3.25. The highest BCUT2D eigenvalue weighted by Gasteiger charge is 2.18. The van der Waals surface area contributed by atoms with Gasteiger partial charge in [-0.05, 0) is 0 Å². The zero-order valence-electron chi connectivity index (χ0n) is 6.40. The van der Waals surface area contributed by atoms with Crippen molar-refractivity contribution < 1.29 is 24.5 Å². The van der Waals surface area contributed by atoms with Gasteiger partial charge in [0.2, 0.25) is 0 Å². The van der Waals surface area contributed by atoms with Gasteiger partial charge in [-0.1, -0.05) is 12.7 Å². The fourth-order valence-corrected chi connectivity index (χ4v) is 0.456. The third-order valence-corrected chi connectivity index (χ3v) is 1.01. The summed E-state index contributed by atoms with van der Waals surface area (Å²) >= 11 is 0. The summed E-state index contributed by atoms with van der Waals surface area (Å²) < 4.78 is 4.43. The molecule has 68 valence electrons. The highest BCUT2D eigenvalue weighted by atomic mass is 16.5. The van der Waals surface area contributed by atoms with Crippen LogP contribution in [0.1, 0.15) is 6.42 Å². The van der Waals surface area contributed by atoms with E-state index in [1.165, 1.54) is 6.08 Å². The largest absolute Gasteiger partial charge is 0.479 e. The second-order valence-electron chi connectivity index (χ2n) is 2.03. The molecule has 0 fully saturated rings. The summed E-state index contributed by atoms with van der Waals surface area (Å²) in [4.78, 5) is 20.7. The summed E-state index contributed by atoms with van der Waals surface area (Å²) in [5.41, 5.74) is 0. The van der Waals surface area contributed by atoms with Gasteiger partial charge in [0.05, 0.1) is 6.42 Å². The average molecular weight is 174 g/mol. The number of carboxylic acids is 1. The molecule has 0 saturated heterocycles. The molecule has 5 nitrogen and oxygen atoms in total. The zero-order valence-corrected chi connectivity index (χ0v) is 6.40. The molecule has 0 aliphatic heterocycles. The molecule has 0 aliphatic carbocycles.